The van der Waals surface area contributed by atoms with Crippen LogP contribution < -0.4 is 5.43 Å². The third-order valence-corrected chi connectivity index (χ3v) is 2.93. The molecule has 0 aliphatic carbocycles. The molecule has 118 valence electrons. The van der Waals surface area contributed by atoms with Crippen LogP contribution in [0.5, 0.6) is 0 Å². The molecule has 0 aliphatic heterocycles. The first-order chi connectivity index (χ1) is 9.88. The number of carbonyl (C=O) groups is 2. The highest BCUT2D eigenvalue weighted by atomic mass is 16.2. The molecule has 0 fully saturated rings. The molecule has 6 heteroatoms. The number of imidazole rings is 1. The zero-order valence-corrected chi connectivity index (χ0v) is 13.3. The Morgan fingerprint density at radius 2 is 2.00 bits per heavy atom. The number of aromatic nitrogens is 2. The Hall–Kier alpha value is -1.85. The van der Waals surface area contributed by atoms with Crippen molar-refractivity contribution in [2.75, 3.05) is 6.54 Å². The van der Waals surface area contributed by atoms with Crippen molar-refractivity contribution in [3.63, 3.8) is 0 Å². The van der Waals surface area contributed by atoms with E-state index in [0.717, 1.165) is 6.42 Å². The molecule has 0 unspecified atom stereocenters. The first kappa shape index (κ1) is 17.2. The van der Waals surface area contributed by atoms with E-state index in [1.54, 1.807) is 12.4 Å². The number of H-pyrrole nitrogens is 1. The number of rotatable bonds is 7. The molecule has 1 aromatic heterocycles. The summed E-state index contributed by atoms with van der Waals surface area (Å²) in [5, 5.41) is 1.41. The molecule has 0 spiro atoms. The van der Waals surface area contributed by atoms with Gasteiger partial charge in [0.25, 0.3) is 0 Å². The second-order valence-corrected chi connectivity index (χ2v) is 6.08. The van der Waals surface area contributed by atoms with Crippen LogP contribution in [0.1, 0.15) is 46.4 Å². The number of aromatic amines is 1. The van der Waals surface area contributed by atoms with Crippen molar-refractivity contribution >= 4 is 11.8 Å². The molecule has 0 saturated heterocycles. The van der Waals surface area contributed by atoms with Crippen molar-refractivity contribution in [2.24, 2.45) is 11.8 Å². The van der Waals surface area contributed by atoms with E-state index in [1.165, 1.54) is 5.01 Å². The van der Waals surface area contributed by atoms with E-state index in [1.807, 2.05) is 13.8 Å². The molecular weight excluding hydrogens is 268 g/mol. The predicted molar refractivity (Wildman–Crippen MR) is 81.1 cm³/mol. The van der Waals surface area contributed by atoms with Crippen molar-refractivity contribution in [3.8, 4) is 0 Å². The average Bonchev–Trinajstić information content (AvgIpc) is 2.87. The summed E-state index contributed by atoms with van der Waals surface area (Å²) in [5.41, 5.74) is 2.72. The van der Waals surface area contributed by atoms with Crippen molar-refractivity contribution in [1.82, 2.24) is 20.4 Å². The Bertz CT molecular complexity index is 441. The molecule has 2 N–H and O–H groups in total. The highest BCUT2D eigenvalue weighted by molar-refractivity contribution is 5.83. The Morgan fingerprint density at radius 3 is 2.52 bits per heavy atom. The van der Waals surface area contributed by atoms with Crippen molar-refractivity contribution in [2.45, 2.75) is 47.0 Å². The minimum absolute atomic E-state index is 0.114. The van der Waals surface area contributed by atoms with Crippen LogP contribution in [-0.4, -0.2) is 33.3 Å². The lowest BCUT2D eigenvalue weighted by Crippen LogP contribution is -2.48. The normalized spacial score (nSPS) is 11.0. The fraction of sp³-hybridized carbons (Fsp3) is 0.667. The monoisotopic (exact) mass is 294 g/mol. The summed E-state index contributed by atoms with van der Waals surface area (Å²) in [5.74, 6) is 1.07. The zero-order valence-electron chi connectivity index (χ0n) is 13.3. The molecule has 0 saturated carbocycles. The lowest BCUT2D eigenvalue weighted by atomic mass is 10.1. The lowest BCUT2D eigenvalue weighted by Gasteiger charge is -2.25. The van der Waals surface area contributed by atoms with Crippen LogP contribution in [0, 0.1) is 11.8 Å². The van der Waals surface area contributed by atoms with Gasteiger partial charge < -0.3 is 4.98 Å². The summed E-state index contributed by atoms with van der Waals surface area (Å²) >= 11 is 0. The van der Waals surface area contributed by atoms with Crippen LogP contribution in [0.25, 0.3) is 0 Å². The largest absolute Gasteiger partial charge is 0.348 e. The number of carbonyl (C=O) groups excluding carboxylic acids is 2. The third kappa shape index (κ3) is 6.92. The van der Waals surface area contributed by atoms with Gasteiger partial charge in [0.05, 0.1) is 6.42 Å². The first-order valence-electron chi connectivity index (χ1n) is 7.46. The molecule has 1 rings (SSSR count). The molecule has 21 heavy (non-hydrogen) atoms. The topological polar surface area (TPSA) is 78.1 Å². The van der Waals surface area contributed by atoms with Crippen LogP contribution >= 0.6 is 0 Å². The van der Waals surface area contributed by atoms with E-state index in [4.69, 9.17) is 0 Å². The van der Waals surface area contributed by atoms with E-state index in [0.29, 0.717) is 24.7 Å². The summed E-state index contributed by atoms with van der Waals surface area (Å²) in [6.07, 6.45) is 4.69. The molecule has 0 aromatic carbocycles. The summed E-state index contributed by atoms with van der Waals surface area (Å²) in [6.45, 7) is 8.65. The Labute approximate surface area is 126 Å². The molecule has 0 bridgehead atoms. The fourth-order valence-electron chi connectivity index (χ4n) is 1.83. The van der Waals surface area contributed by atoms with Gasteiger partial charge in [0.15, 0.2) is 0 Å². The number of hydrazine groups is 1. The van der Waals surface area contributed by atoms with Crippen LogP contribution in [0.15, 0.2) is 12.4 Å². The number of hydrogen-bond donors (Lipinski definition) is 2. The predicted octanol–water partition coefficient (Wildman–Crippen LogP) is 1.90. The number of nitrogens with zero attached hydrogens (tertiary/aromatic N) is 2. The number of amides is 2. The fourth-order valence-corrected chi connectivity index (χ4v) is 1.83. The maximum absolute atomic E-state index is 12.3. The van der Waals surface area contributed by atoms with Crippen molar-refractivity contribution < 1.29 is 9.59 Å². The molecule has 0 aliphatic rings. The quantitative estimate of drug-likeness (QED) is 0.754. The lowest BCUT2D eigenvalue weighted by molar-refractivity contribution is -0.141. The highest BCUT2D eigenvalue weighted by Crippen LogP contribution is 2.05. The molecule has 2 amide bonds. The number of nitrogens with one attached hydrogen (secondary N) is 2. The minimum Gasteiger partial charge on any atom is -0.348 e. The van der Waals surface area contributed by atoms with Gasteiger partial charge in [0.2, 0.25) is 11.8 Å². The standard InChI is InChI=1S/C15H26N4O2/c1-11(2)5-6-14(20)18-19(10-12(3)4)15(21)9-13-16-7-8-17-13/h7-8,11-12H,5-6,9-10H2,1-4H3,(H,16,17)(H,18,20). The van der Waals surface area contributed by atoms with Gasteiger partial charge in [-0.1, -0.05) is 27.7 Å². The molecule has 0 radical (unpaired) electrons. The van der Waals surface area contributed by atoms with E-state index in [9.17, 15) is 9.59 Å². The summed E-state index contributed by atoms with van der Waals surface area (Å²) in [6, 6.07) is 0. The van der Waals surface area contributed by atoms with E-state index in [-0.39, 0.29) is 24.2 Å². The van der Waals surface area contributed by atoms with Gasteiger partial charge in [-0.15, -0.1) is 0 Å². The molecule has 1 heterocycles. The second-order valence-electron chi connectivity index (χ2n) is 6.08. The maximum atomic E-state index is 12.3. The molecular formula is C15H26N4O2. The van der Waals surface area contributed by atoms with Gasteiger partial charge in [0, 0.05) is 25.4 Å². The van der Waals surface area contributed by atoms with Gasteiger partial charge in [-0.05, 0) is 18.3 Å². The maximum Gasteiger partial charge on any atom is 0.248 e. The highest BCUT2D eigenvalue weighted by Gasteiger charge is 2.18. The third-order valence-electron chi connectivity index (χ3n) is 2.93. The minimum atomic E-state index is -0.156. The average molecular weight is 294 g/mol. The summed E-state index contributed by atoms with van der Waals surface area (Å²) < 4.78 is 0. The Balaban J connectivity index is 2.57. The number of hydrogen-bond acceptors (Lipinski definition) is 3. The van der Waals surface area contributed by atoms with E-state index >= 15 is 0 Å². The zero-order chi connectivity index (χ0) is 15.8. The van der Waals surface area contributed by atoms with Gasteiger partial charge >= 0.3 is 0 Å². The van der Waals surface area contributed by atoms with Crippen molar-refractivity contribution in [1.29, 1.82) is 0 Å². The van der Waals surface area contributed by atoms with Gasteiger partial charge in [-0.2, -0.15) is 0 Å². The molecule has 1 aromatic rings. The first-order valence-corrected chi connectivity index (χ1v) is 7.46. The van der Waals surface area contributed by atoms with Crippen LogP contribution in [0.2, 0.25) is 0 Å². The van der Waals surface area contributed by atoms with Gasteiger partial charge in [0.1, 0.15) is 5.82 Å². The smallest absolute Gasteiger partial charge is 0.248 e. The van der Waals surface area contributed by atoms with E-state index in [2.05, 4.69) is 29.2 Å². The molecule has 6 nitrogen and oxygen atoms in total. The summed E-state index contributed by atoms with van der Waals surface area (Å²) in [7, 11) is 0. The van der Waals surface area contributed by atoms with Crippen molar-refractivity contribution in [3.05, 3.63) is 18.2 Å². The van der Waals surface area contributed by atoms with Crippen LogP contribution in [0.3, 0.4) is 0 Å². The van der Waals surface area contributed by atoms with Gasteiger partial charge in [-0.25, -0.2) is 4.98 Å². The van der Waals surface area contributed by atoms with Gasteiger partial charge in [-0.3, -0.25) is 20.0 Å². The summed E-state index contributed by atoms with van der Waals surface area (Å²) in [4.78, 5) is 31.1. The SMILES string of the molecule is CC(C)CCC(=O)NN(CC(C)C)C(=O)Cc1ncc[nH]1. The second kappa shape index (κ2) is 8.44. The van der Waals surface area contributed by atoms with Crippen LogP contribution in [-0.2, 0) is 16.0 Å². The van der Waals surface area contributed by atoms with E-state index < -0.39 is 0 Å². The molecule has 0 atom stereocenters. The Morgan fingerprint density at radius 1 is 1.29 bits per heavy atom. The Kier molecular flexibility index (Phi) is 6.91. The van der Waals surface area contributed by atoms with Crippen LogP contribution in [0.4, 0.5) is 0 Å².